The summed E-state index contributed by atoms with van der Waals surface area (Å²) in [6.07, 6.45) is 3.29. The van der Waals surface area contributed by atoms with E-state index in [1.165, 1.54) is 6.42 Å². The minimum Gasteiger partial charge on any atom is -0.341 e. The fourth-order valence-electron chi connectivity index (χ4n) is 1.93. The average molecular weight is 238 g/mol. The molecule has 0 atom stereocenters. The number of rotatable bonds is 3. The average Bonchev–Trinajstić information content (AvgIpc) is 2.18. The van der Waals surface area contributed by atoms with Crippen LogP contribution in [0.5, 0.6) is 0 Å². The number of hydrogen-bond donors (Lipinski definition) is 0. The molecule has 0 aromatic heterocycles. The monoisotopic (exact) mass is 237 g/mol. The zero-order valence-corrected chi connectivity index (χ0v) is 10.2. The van der Waals surface area contributed by atoms with Crippen LogP contribution in [0.25, 0.3) is 0 Å². The molecule has 0 unspecified atom stereocenters. The standard InChI is InChI=1S/C13H16ClNO/c1-15(13(16)10-6-4-7-10)9-11-5-2-3-8-12(11)14/h2-3,5,8,10H,4,6-7,9H2,1H3. The van der Waals surface area contributed by atoms with E-state index in [0.29, 0.717) is 6.54 Å². The molecule has 0 radical (unpaired) electrons. The van der Waals surface area contributed by atoms with Crippen molar-refractivity contribution < 1.29 is 4.79 Å². The molecule has 1 fully saturated rings. The van der Waals surface area contributed by atoms with Gasteiger partial charge in [-0.1, -0.05) is 36.2 Å². The second kappa shape index (κ2) is 4.88. The normalized spacial score (nSPS) is 15.6. The van der Waals surface area contributed by atoms with Crippen molar-refractivity contribution in [2.45, 2.75) is 25.8 Å². The summed E-state index contributed by atoms with van der Waals surface area (Å²) >= 11 is 6.06. The minimum atomic E-state index is 0.256. The van der Waals surface area contributed by atoms with E-state index in [2.05, 4.69) is 0 Å². The van der Waals surface area contributed by atoms with Gasteiger partial charge in [-0.25, -0.2) is 0 Å². The van der Waals surface area contributed by atoms with Gasteiger partial charge in [0.1, 0.15) is 0 Å². The molecule has 2 nitrogen and oxygen atoms in total. The molecule has 16 heavy (non-hydrogen) atoms. The lowest BCUT2D eigenvalue weighted by Gasteiger charge is -2.29. The van der Waals surface area contributed by atoms with E-state index < -0.39 is 0 Å². The van der Waals surface area contributed by atoms with Gasteiger partial charge in [-0.15, -0.1) is 0 Å². The van der Waals surface area contributed by atoms with E-state index in [0.717, 1.165) is 23.4 Å². The van der Waals surface area contributed by atoms with Crippen molar-refractivity contribution >= 4 is 17.5 Å². The maximum Gasteiger partial charge on any atom is 0.225 e. The summed E-state index contributed by atoms with van der Waals surface area (Å²) in [5.74, 6) is 0.513. The molecule has 0 N–H and O–H groups in total. The Morgan fingerprint density at radius 2 is 2.12 bits per heavy atom. The predicted octanol–water partition coefficient (Wildman–Crippen LogP) is 3.10. The Kier molecular flexibility index (Phi) is 3.49. The van der Waals surface area contributed by atoms with Gasteiger partial charge >= 0.3 is 0 Å². The van der Waals surface area contributed by atoms with E-state index in [9.17, 15) is 4.79 Å². The number of hydrogen-bond acceptors (Lipinski definition) is 1. The molecule has 1 aliphatic carbocycles. The summed E-state index contributed by atoms with van der Waals surface area (Å²) in [5, 5.41) is 0.732. The Labute approximate surface area is 101 Å². The summed E-state index contributed by atoms with van der Waals surface area (Å²) in [5.41, 5.74) is 1.01. The molecule has 1 aliphatic rings. The van der Waals surface area contributed by atoms with Gasteiger partial charge in [0.15, 0.2) is 0 Å². The van der Waals surface area contributed by atoms with Gasteiger partial charge in [-0.3, -0.25) is 4.79 Å². The summed E-state index contributed by atoms with van der Waals surface area (Å²) in [6.45, 7) is 0.606. The molecule has 0 bridgehead atoms. The summed E-state index contributed by atoms with van der Waals surface area (Å²) in [6, 6.07) is 7.67. The number of halogens is 1. The van der Waals surface area contributed by atoms with Crippen molar-refractivity contribution in [2.24, 2.45) is 5.92 Å². The Bertz CT molecular complexity index is 387. The van der Waals surface area contributed by atoms with Crippen LogP contribution >= 0.6 is 11.6 Å². The molecule has 2 rings (SSSR count). The fraction of sp³-hybridized carbons (Fsp3) is 0.462. The summed E-state index contributed by atoms with van der Waals surface area (Å²) in [7, 11) is 1.85. The third-order valence-electron chi connectivity index (χ3n) is 3.20. The Hall–Kier alpha value is -1.02. The molecule has 1 saturated carbocycles. The van der Waals surface area contributed by atoms with Crippen LogP contribution in [0.15, 0.2) is 24.3 Å². The number of nitrogens with zero attached hydrogens (tertiary/aromatic N) is 1. The highest BCUT2D eigenvalue weighted by atomic mass is 35.5. The number of carbonyl (C=O) groups is 1. The highest BCUT2D eigenvalue weighted by Gasteiger charge is 2.27. The summed E-state index contributed by atoms with van der Waals surface area (Å²) in [4.78, 5) is 13.7. The Morgan fingerprint density at radius 1 is 1.44 bits per heavy atom. The highest BCUT2D eigenvalue weighted by molar-refractivity contribution is 6.31. The molecule has 3 heteroatoms. The lowest BCUT2D eigenvalue weighted by Crippen LogP contribution is -2.35. The molecule has 1 amide bonds. The first-order valence-corrected chi connectivity index (χ1v) is 6.04. The van der Waals surface area contributed by atoms with Gasteiger partial charge in [0.05, 0.1) is 0 Å². The van der Waals surface area contributed by atoms with Crippen molar-refractivity contribution in [3.05, 3.63) is 34.9 Å². The minimum absolute atomic E-state index is 0.256. The molecule has 86 valence electrons. The van der Waals surface area contributed by atoms with E-state index in [1.54, 1.807) is 4.90 Å². The number of benzene rings is 1. The Morgan fingerprint density at radius 3 is 2.69 bits per heavy atom. The first kappa shape index (κ1) is 11.5. The maximum absolute atomic E-state index is 11.9. The van der Waals surface area contributed by atoms with E-state index in [4.69, 9.17) is 11.6 Å². The highest BCUT2D eigenvalue weighted by Crippen LogP contribution is 2.28. The third-order valence-corrected chi connectivity index (χ3v) is 3.56. The van der Waals surface area contributed by atoms with Crippen LogP contribution in [0, 0.1) is 5.92 Å². The van der Waals surface area contributed by atoms with E-state index >= 15 is 0 Å². The smallest absolute Gasteiger partial charge is 0.225 e. The largest absolute Gasteiger partial charge is 0.341 e. The molecular weight excluding hydrogens is 222 g/mol. The fourth-order valence-corrected chi connectivity index (χ4v) is 2.12. The Balaban J connectivity index is 1.98. The first-order chi connectivity index (χ1) is 7.68. The summed E-state index contributed by atoms with van der Waals surface area (Å²) < 4.78 is 0. The first-order valence-electron chi connectivity index (χ1n) is 5.67. The third kappa shape index (κ3) is 2.38. The van der Waals surface area contributed by atoms with E-state index in [-0.39, 0.29) is 11.8 Å². The molecule has 0 aliphatic heterocycles. The molecule has 1 aromatic carbocycles. The van der Waals surface area contributed by atoms with Gasteiger partial charge in [-0.05, 0) is 24.5 Å². The van der Waals surface area contributed by atoms with Gasteiger partial charge in [-0.2, -0.15) is 0 Å². The number of amides is 1. The van der Waals surface area contributed by atoms with Crippen molar-refractivity contribution in [2.75, 3.05) is 7.05 Å². The van der Waals surface area contributed by atoms with Gasteiger partial charge in [0.2, 0.25) is 5.91 Å². The van der Waals surface area contributed by atoms with Crippen molar-refractivity contribution in [1.29, 1.82) is 0 Å². The van der Waals surface area contributed by atoms with Crippen LogP contribution in [0.3, 0.4) is 0 Å². The number of carbonyl (C=O) groups excluding carboxylic acids is 1. The topological polar surface area (TPSA) is 20.3 Å². The van der Waals surface area contributed by atoms with Gasteiger partial charge in [0.25, 0.3) is 0 Å². The zero-order valence-electron chi connectivity index (χ0n) is 9.45. The van der Waals surface area contributed by atoms with Crippen LogP contribution in [-0.2, 0) is 11.3 Å². The van der Waals surface area contributed by atoms with Gasteiger partial charge < -0.3 is 4.90 Å². The second-order valence-corrected chi connectivity index (χ2v) is 4.82. The predicted molar refractivity (Wildman–Crippen MR) is 65.3 cm³/mol. The van der Waals surface area contributed by atoms with E-state index in [1.807, 2.05) is 31.3 Å². The molecule has 1 aromatic rings. The van der Waals surface area contributed by atoms with Crippen LogP contribution in [0.1, 0.15) is 24.8 Å². The zero-order chi connectivity index (χ0) is 11.5. The SMILES string of the molecule is CN(Cc1ccccc1Cl)C(=O)C1CCC1. The van der Waals surface area contributed by atoms with Crippen LogP contribution in [0.4, 0.5) is 0 Å². The molecule has 0 heterocycles. The van der Waals surface area contributed by atoms with Crippen molar-refractivity contribution in [3.8, 4) is 0 Å². The molecule has 0 saturated heterocycles. The van der Waals surface area contributed by atoms with Crippen LogP contribution in [-0.4, -0.2) is 17.9 Å². The van der Waals surface area contributed by atoms with Crippen molar-refractivity contribution in [3.63, 3.8) is 0 Å². The lowest BCUT2D eigenvalue weighted by molar-refractivity contribution is -0.137. The maximum atomic E-state index is 11.9. The van der Waals surface area contributed by atoms with Crippen LogP contribution in [0.2, 0.25) is 5.02 Å². The van der Waals surface area contributed by atoms with Crippen LogP contribution < -0.4 is 0 Å². The molecule has 0 spiro atoms. The molecular formula is C13H16ClNO. The van der Waals surface area contributed by atoms with Crippen molar-refractivity contribution in [1.82, 2.24) is 4.90 Å². The quantitative estimate of drug-likeness (QED) is 0.791. The van der Waals surface area contributed by atoms with Gasteiger partial charge in [0, 0.05) is 24.5 Å². The lowest BCUT2D eigenvalue weighted by atomic mass is 9.84. The second-order valence-electron chi connectivity index (χ2n) is 4.41.